The summed E-state index contributed by atoms with van der Waals surface area (Å²) in [6.07, 6.45) is 1.92. The number of benzene rings is 2. The van der Waals surface area contributed by atoms with Crippen LogP contribution in [-0.2, 0) is 0 Å². The molecule has 4 rings (SSSR count). The van der Waals surface area contributed by atoms with Gasteiger partial charge in [-0.1, -0.05) is 18.5 Å². The van der Waals surface area contributed by atoms with Crippen LogP contribution >= 0.6 is 23.8 Å². The van der Waals surface area contributed by atoms with Crippen LogP contribution in [0.2, 0.25) is 5.02 Å². The van der Waals surface area contributed by atoms with E-state index in [-0.39, 0.29) is 22.3 Å². The standard InChI is InChI=1S/C26H31ClN6O4S/c1-17-7-9-31(10-8-17)22-6-4-18(16-23(22)33(36)37)24(34)29-26(38)28-21-15-19(3-5-20(21)27)25(35)32-13-11-30(2)12-14-32/h3-6,15-17H,7-14H2,1-2H3,(H2,28,29,34,38). The highest BCUT2D eigenvalue weighted by molar-refractivity contribution is 7.80. The van der Waals surface area contributed by atoms with Crippen molar-refractivity contribution in [2.24, 2.45) is 5.92 Å². The molecule has 0 unspecified atom stereocenters. The number of carbonyl (C=O) groups excluding carboxylic acids is 2. The first kappa shape index (κ1) is 27.7. The number of carbonyl (C=O) groups is 2. The Morgan fingerprint density at radius 2 is 1.68 bits per heavy atom. The van der Waals surface area contributed by atoms with Gasteiger partial charge in [-0.25, -0.2) is 0 Å². The molecule has 0 atom stereocenters. The van der Waals surface area contributed by atoms with E-state index in [2.05, 4.69) is 22.5 Å². The molecule has 38 heavy (non-hydrogen) atoms. The number of thiocarbonyl (C=S) groups is 1. The number of nitro groups is 1. The van der Waals surface area contributed by atoms with Crippen LogP contribution in [0.3, 0.4) is 0 Å². The molecule has 0 spiro atoms. The summed E-state index contributed by atoms with van der Waals surface area (Å²) in [6, 6.07) is 9.29. The van der Waals surface area contributed by atoms with Crippen molar-refractivity contribution in [2.75, 3.05) is 56.5 Å². The summed E-state index contributed by atoms with van der Waals surface area (Å²) >= 11 is 11.6. The van der Waals surface area contributed by atoms with E-state index >= 15 is 0 Å². The smallest absolute Gasteiger partial charge is 0.293 e. The van der Waals surface area contributed by atoms with Gasteiger partial charge in [-0.3, -0.25) is 25.0 Å². The summed E-state index contributed by atoms with van der Waals surface area (Å²) in [7, 11) is 2.02. The minimum Gasteiger partial charge on any atom is -0.366 e. The van der Waals surface area contributed by atoms with Crippen molar-refractivity contribution in [1.82, 2.24) is 15.1 Å². The molecule has 202 valence electrons. The highest BCUT2D eigenvalue weighted by Crippen LogP contribution is 2.32. The number of anilines is 2. The Hall–Kier alpha value is -3.28. The number of hydrogen-bond acceptors (Lipinski definition) is 7. The summed E-state index contributed by atoms with van der Waals surface area (Å²) in [4.78, 5) is 43.1. The molecule has 2 N–H and O–H groups in total. The fraction of sp³-hybridized carbons (Fsp3) is 0.423. The van der Waals surface area contributed by atoms with Gasteiger partial charge in [0, 0.05) is 56.5 Å². The highest BCUT2D eigenvalue weighted by Gasteiger charge is 2.25. The lowest BCUT2D eigenvalue weighted by Gasteiger charge is -2.32. The van der Waals surface area contributed by atoms with Crippen molar-refractivity contribution < 1.29 is 14.5 Å². The quantitative estimate of drug-likeness (QED) is 0.322. The predicted octanol–water partition coefficient (Wildman–Crippen LogP) is 4.00. The van der Waals surface area contributed by atoms with Crippen LogP contribution in [0, 0.1) is 16.0 Å². The maximum absolute atomic E-state index is 12.9. The van der Waals surface area contributed by atoms with Crippen molar-refractivity contribution in [1.29, 1.82) is 0 Å². The van der Waals surface area contributed by atoms with Crippen LogP contribution in [0.4, 0.5) is 17.1 Å². The number of amides is 2. The number of rotatable bonds is 5. The highest BCUT2D eigenvalue weighted by atomic mass is 35.5. The molecule has 0 bridgehead atoms. The Morgan fingerprint density at radius 1 is 1.03 bits per heavy atom. The number of piperazine rings is 1. The Kier molecular flexibility index (Phi) is 8.80. The van der Waals surface area contributed by atoms with Crippen molar-refractivity contribution in [3.63, 3.8) is 0 Å². The van der Waals surface area contributed by atoms with Gasteiger partial charge in [-0.15, -0.1) is 0 Å². The maximum atomic E-state index is 12.9. The van der Waals surface area contributed by atoms with E-state index in [4.69, 9.17) is 23.8 Å². The molecule has 12 heteroatoms. The first-order chi connectivity index (χ1) is 18.1. The molecule has 2 aliphatic rings. The average Bonchev–Trinajstić information content (AvgIpc) is 2.90. The van der Waals surface area contributed by atoms with Crippen molar-refractivity contribution >= 4 is 57.8 Å². The zero-order valence-corrected chi connectivity index (χ0v) is 23.0. The van der Waals surface area contributed by atoms with Gasteiger partial charge in [0.05, 0.1) is 15.6 Å². The number of nitrogens with zero attached hydrogens (tertiary/aromatic N) is 4. The molecular weight excluding hydrogens is 528 g/mol. The van der Waals surface area contributed by atoms with Crippen LogP contribution in [0.15, 0.2) is 36.4 Å². The number of piperidine rings is 1. The largest absolute Gasteiger partial charge is 0.366 e. The summed E-state index contributed by atoms with van der Waals surface area (Å²) in [5.41, 5.74) is 1.32. The zero-order chi connectivity index (χ0) is 27.4. The van der Waals surface area contributed by atoms with Crippen molar-refractivity contribution in [3.05, 3.63) is 62.7 Å². The molecule has 0 radical (unpaired) electrons. The molecule has 2 saturated heterocycles. The molecule has 2 heterocycles. The second kappa shape index (κ2) is 12.1. The Labute approximate surface area is 232 Å². The summed E-state index contributed by atoms with van der Waals surface area (Å²) in [5, 5.41) is 17.5. The minimum atomic E-state index is -0.592. The molecule has 2 aromatic carbocycles. The number of halogens is 1. The molecule has 0 aromatic heterocycles. The lowest BCUT2D eigenvalue weighted by Crippen LogP contribution is -2.47. The van der Waals surface area contributed by atoms with Crippen molar-refractivity contribution in [3.8, 4) is 0 Å². The topological polar surface area (TPSA) is 111 Å². The number of likely N-dealkylation sites (N-methyl/N-ethyl adjacent to an activating group) is 1. The predicted molar refractivity (Wildman–Crippen MR) is 152 cm³/mol. The van der Waals surface area contributed by atoms with Gasteiger partial charge >= 0.3 is 0 Å². The maximum Gasteiger partial charge on any atom is 0.293 e. The second-order valence-corrected chi connectivity index (χ2v) is 10.6. The van der Waals surface area contributed by atoms with Gasteiger partial charge < -0.3 is 20.0 Å². The molecular formula is C26H31ClN6O4S. The fourth-order valence-electron chi connectivity index (χ4n) is 4.60. The van der Waals surface area contributed by atoms with Gasteiger partial charge in [0.25, 0.3) is 17.5 Å². The summed E-state index contributed by atoms with van der Waals surface area (Å²) in [6.45, 7) is 6.52. The Morgan fingerprint density at radius 3 is 2.34 bits per heavy atom. The summed E-state index contributed by atoms with van der Waals surface area (Å²) in [5.74, 6) is -0.114. The average molecular weight is 559 g/mol. The Balaban J connectivity index is 1.43. The third-order valence-corrected chi connectivity index (χ3v) is 7.57. The monoisotopic (exact) mass is 558 g/mol. The number of nitro benzene ring substituents is 1. The van der Waals surface area contributed by atoms with E-state index in [1.807, 2.05) is 11.9 Å². The van der Waals surface area contributed by atoms with E-state index in [0.717, 1.165) is 39.0 Å². The number of nitrogens with one attached hydrogen (secondary N) is 2. The van der Waals surface area contributed by atoms with E-state index in [1.54, 1.807) is 35.2 Å². The Bertz CT molecular complexity index is 1240. The van der Waals surface area contributed by atoms with Gasteiger partial charge in [-0.2, -0.15) is 0 Å². The first-order valence-electron chi connectivity index (χ1n) is 12.6. The van der Waals surface area contributed by atoms with Crippen LogP contribution < -0.4 is 15.5 Å². The van der Waals surface area contributed by atoms with Crippen LogP contribution in [-0.4, -0.2) is 78.0 Å². The van der Waals surface area contributed by atoms with E-state index < -0.39 is 10.8 Å². The molecule has 2 aromatic rings. The molecule has 2 aliphatic heterocycles. The minimum absolute atomic E-state index is 0.0437. The molecule has 10 nitrogen and oxygen atoms in total. The van der Waals surface area contributed by atoms with Crippen LogP contribution in [0.1, 0.15) is 40.5 Å². The normalized spacial score (nSPS) is 16.7. The van der Waals surface area contributed by atoms with Gasteiger partial charge in [0.15, 0.2) is 5.11 Å². The zero-order valence-electron chi connectivity index (χ0n) is 21.4. The van der Waals surface area contributed by atoms with Gasteiger partial charge in [0.2, 0.25) is 0 Å². The van der Waals surface area contributed by atoms with Crippen molar-refractivity contribution in [2.45, 2.75) is 19.8 Å². The third-order valence-electron chi connectivity index (χ3n) is 7.04. The lowest BCUT2D eigenvalue weighted by atomic mass is 9.98. The van der Waals surface area contributed by atoms with Gasteiger partial charge in [0.1, 0.15) is 5.69 Å². The van der Waals surface area contributed by atoms with Crippen LogP contribution in [0.5, 0.6) is 0 Å². The number of hydrogen-bond donors (Lipinski definition) is 2. The van der Waals surface area contributed by atoms with E-state index in [9.17, 15) is 19.7 Å². The molecule has 0 saturated carbocycles. The second-order valence-electron chi connectivity index (χ2n) is 9.83. The van der Waals surface area contributed by atoms with E-state index in [0.29, 0.717) is 41.0 Å². The van der Waals surface area contributed by atoms with Gasteiger partial charge in [-0.05, 0) is 68.4 Å². The summed E-state index contributed by atoms with van der Waals surface area (Å²) < 4.78 is 0. The third kappa shape index (κ3) is 6.58. The molecule has 2 fully saturated rings. The lowest BCUT2D eigenvalue weighted by molar-refractivity contribution is -0.384. The van der Waals surface area contributed by atoms with Crippen LogP contribution in [0.25, 0.3) is 0 Å². The molecule has 0 aliphatic carbocycles. The first-order valence-corrected chi connectivity index (χ1v) is 13.3. The fourth-order valence-corrected chi connectivity index (χ4v) is 4.97. The SMILES string of the molecule is CC1CCN(c2ccc(C(=O)NC(=S)Nc3cc(C(=O)N4CCN(C)CC4)ccc3Cl)cc2[N+](=O)[O-])CC1. The molecule has 2 amide bonds. The van der Waals surface area contributed by atoms with E-state index in [1.165, 1.54) is 6.07 Å².